The first-order chi connectivity index (χ1) is 7.75. The molecule has 0 aromatic heterocycles. The highest BCUT2D eigenvalue weighted by molar-refractivity contribution is 7.99. The molecule has 0 aliphatic carbocycles. The van der Waals surface area contributed by atoms with Gasteiger partial charge < -0.3 is 10.1 Å². The van der Waals surface area contributed by atoms with Crippen molar-refractivity contribution in [3.63, 3.8) is 0 Å². The van der Waals surface area contributed by atoms with E-state index in [-0.39, 0.29) is 0 Å². The predicted octanol–water partition coefficient (Wildman–Crippen LogP) is 2.39. The molecule has 1 saturated heterocycles. The van der Waals surface area contributed by atoms with Crippen LogP contribution < -0.4 is 10.1 Å². The second-order valence-corrected chi connectivity index (χ2v) is 5.43. The van der Waals surface area contributed by atoms with Gasteiger partial charge in [0.25, 0.3) is 0 Å². The summed E-state index contributed by atoms with van der Waals surface area (Å²) in [6.07, 6.45) is 0. The average molecular weight is 237 g/mol. The summed E-state index contributed by atoms with van der Waals surface area (Å²) >= 11 is 2.00. The zero-order valence-corrected chi connectivity index (χ0v) is 10.8. The van der Waals surface area contributed by atoms with Crippen LogP contribution in [0, 0.1) is 13.8 Å². The molecule has 1 aliphatic heterocycles. The van der Waals surface area contributed by atoms with Crippen molar-refractivity contribution in [2.24, 2.45) is 0 Å². The quantitative estimate of drug-likeness (QED) is 0.872. The van der Waals surface area contributed by atoms with Gasteiger partial charge in [0, 0.05) is 18.1 Å². The minimum Gasteiger partial charge on any atom is -0.492 e. The van der Waals surface area contributed by atoms with Crippen LogP contribution in [0.5, 0.6) is 5.75 Å². The Morgan fingerprint density at radius 2 is 2.25 bits per heavy atom. The molecule has 1 N–H and O–H groups in total. The number of hydrogen-bond acceptors (Lipinski definition) is 3. The molecule has 1 atom stereocenters. The molecule has 88 valence electrons. The van der Waals surface area contributed by atoms with E-state index in [0.29, 0.717) is 6.04 Å². The van der Waals surface area contributed by atoms with Crippen LogP contribution in [0.2, 0.25) is 0 Å². The third-order valence-electron chi connectivity index (χ3n) is 2.93. The largest absolute Gasteiger partial charge is 0.492 e. The van der Waals surface area contributed by atoms with E-state index < -0.39 is 0 Å². The molecule has 1 heterocycles. The van der Waals surface area contributed by atoms with Gasteiger partial charge in [-0.05, 0) is 37.1 Å². The smallest absolute Gasteiger partial charge is 0.119 e. The first-order valence-corrected chi connectivity index (χ1v) is 6.92. The van der Waals surface area contributed by atoms with Gasteiger partial charge in [-0.15, -0.1) is 0 Å². The predicted molar refractivity (Wildman–Crippen MR) is 70.5 cm³/mol. The van der Waals surface area contributed by atoms with Gasteiger partial charge in [-0.1, -0.05) is 6.07 Å². The van der Waals surface area contributed by atoms with Gasteiger partial charge in [0.05, 0.1) is 6.04 Å². The van der Waals surface area contributed by atoms with Gasteiger partial charge in [-0.3, -0.25) is 0 Å². The number of nitrogens with one attached hydrogen (secondary N) is 1. The monoisotopic (exact) mass is 237 g/mol. The van der Waals surface area contributed by atoms with Gasteiger partial charge in [-0.2, -0.15) is 11.8 Å². The second kappa shape index (κ2) is 5.60. The summed E-state index contributed by atoms with van der Waals surface area (Å²) in [5, 5.41) is 3.47. The number of hydrogen-bond donors (Lipinski definition) is 1. The summed E-state index contributed by atoms with van der Waals surface area (Å²) in [5.41, 5.74) is 2.61. The molecule has 3 heteroatoms. The van der Waals surface area contributed by atoms with Crippen LogP contribution in [-0.2, 0) is 0 Å². The Kier molecular flexibility index (Phi) is 4.13. The van der Waals surface area contributed by atoms with Gasteiger partial charge in [-0.25, -0.2) is 0 Å². The van der Waals surface area contributed by atoms with Crippen LogP contribution in [0.1, 0.15) is 11.1 Å². The maximum atomic E-state index is 5.81. The standard InChI is InChI=1S/C13H19NOS/c1-10-3-4-13(7-11(10)2)15-8-12-9-16-6-5-14-12/h3-4,7,12,14H,5-6,8-9H2,1-2H3. The number of benzene rings is 1. The SMILES string of the molecule is Cc1ccc(OCC2CSCCN2)cc1C. The fourth-order valence-electron chi connectivity index (χ4n) is 1.73. The molecule has 0 spiro atoms. The zero-order chi connectivity index (χ0) is 11.4. The van der Waals surface area contributed by atoms with Gasteiger partial charge >= 0.3 is 0 Å². The van der Waals surface area contributed by atoms with E-state index in [1.807, 2.05) is 11.8 Å². The lowest BCUT2D eigenvalue weighted by molar-refractivity contribution is 0.275. The van der Waals surface area contributed by atoms with Crippen molar-refractivity contribution in [2.45, 2.75) is 19.9 Å². The minimum absolute atomic E-state index is 0.500. The summed E-state index contributed by atoms with van der Waals surface area (Å²) in [4.78, 5) is 0. The lowest BCUT2D eigenvalue weighted by Crippen LogP contribution is -2.41. The molecule has 1 fully saturated rings. The Hall–Kier alpha value is -0.670. The van der Waals surface area contributed by atoms with Crippen molar-refractivity contribution in [3.8, 4) is 5.75 Å². The van der Waals surface area contributed by atoms with E-state index in [0.717, 1.165) is 24.7 Å². The fraction of sp³-hybridized carbons (Fsp3) is 0.538. The highest BCUT2D eigenvalue weighted by Crippen LogP contribution is 2.17. The lowest BCUT2D eigenvalue weighted by Gasteiger charge is -2.23. The molecule has 16 heavy (non-hydrogen) atoms. The highest BCUT2D eigenvalue weighted by atomic mass is 32.2. The summed E-state index contributed by atoms with van der Waals surface area (Å²) < 4.78 is 5.81. The summed E-state index contributed by atoms with van der Waals surface area (Å²) in [5.74, 6) is 3.37. The molecule has 0 saturated carbocycles. The van der Waals surface area contributed by atoms with Crippen LogP contribution in [0.3, 0.4) is 0 Å². The molecule has 1 aromatic carbocycles. The molecule has 1 unspecified atom stereocenters. The van der Waals surface area contributed by atoms with Crippen molar-refractivity contribution in [1.29, 1.82) is 0 Å². The Morgan fingerprint density at radius 3 is 2.94 bits per heavy atom. The summed E-state index contributed by atoms with van der Waals surface area (Å²) in [7, 11) is 0. The van der Waals surface area contributed by atoms with Crippen LogP contribution in [-0.4, -0.2) is 30.7 Å². The summed E-state index contributed by atoms with van der Waals surface area (Å²) in [6.45, 7) is 6.12. The van der Waals surface area contributed by atoms with E-state index >= 15 is 0 Å². The van der Waals surface area contributed by atoms with Crippen molar-refractivity contribution < 1.29 is 4.74 Å². The van der Waals surface area contributed by atoms with Crippen LogP contribution in [0.15, 0.2) is 18.2 Å². The number of thioether (sulfide) groups is 1. The molecule has 1 aromatic rings. The normalized spacial score (nSPS) is 20.8. The number of aryl methyl sites for hydroxylation is 2. The topological polar surface area (TPSA) is 21.3 Å². The third kappa shape index (κ3) is 3.16. The first kappa shape index (κ1) is 11.8. The Bertz CT molecular complexity index is 348. The van der Waals surface area contributed by atoms with E-state index in [9.17, 15) is 0 Å². The van der Waals surface area contributed by atoms with Crippen LogP contribution >= 0.6 is 11.8 Å². The second-order valence-electron chi connectivity index (χ2n) is 4.28. The van der Waals surface area contributed by atoms with E-state index in [4.69, 9.17) is 4.74 Å². The Morgan fingerprint density at radius 1 is 1.38 bits per heavy atom. The fourth-order valence-corrected chi connectivity index (χ4v) is 2.65. The van der Waals surface area contributed by atoms with Crippen molar-refractivity contribution in [1.82, 2.24) is 5.32 Å². The molecule has 1 aliphatic rings. The average Bonchev–Trinajstić information content (AvgIpc) is 2.32. The lowest BCUT2D eigenvalue weighted by atomic mass is 10.1. The maximum absolute atomic E-state index is 5.81. The third-order valence-corrected chi connectivity index (χ3v) is 4.06. The highest BCUT2D eigenvalue weighted by Gasteiger charge is 2.13. The van der Waals surface area contributed by atoms with E-state index in [1.165, 1.54) is 16.9 Å². The molecular formula is C13H19NOS. The summed E-state index contributed by atoms with van der Waals surface area (Å²) in [6, 6.07) is 6.79. The van der Waals surface area contributed by atoms with Gasteiger partial charge in [0.2, 0.25) is 0 Å². The van der Waals surface area contributed by atoms with Crippen LogP contribution in [0.25, 0.3) is 0 Å². The molecule has 0 radical (unpaired) electrons. The van der Waals surface area contributed by atoms with Crippen molar-refractivity contribution >= 4 is 11.8 Å². The van der Waals surface area contributed by atoms with Crippen molar-refractivity contribution in [2.75, 3.05) is 24.7 Å². The number of rotatable bonds is 3. The zero-order valence-electron chi connectivity index (χ0n) is 9.95. The molecule has 0 amide bonds. The Balaban J connectivity index is 1.86. The Labute approximate surface area is 102 Å². The maximum Gasteiger partial charge on any atom is 0.119 e. The van der Waals surface area contributed by atoms with Gasteiger partial charge in [0.1, 0.15) is 12.4 Å². The number of ether oxygens (including phenoxy) is 1. The molecule has 2 nitrogen and oxygen atoms in total. The van der Waals surface area contributed by atoms with E-state index in [1.54, 1.807) is 0 Å². The first-order valence-electron chi connectivity index (χ1n) is 5.77. The van der Waals surface area contributed by atoms with Gasteiger partial charge in [0.15, 0.2) is 0 Å². The molecule has 0 bridgehead atoms. The molecule has 2 rings (SSSR count). The van der Waals surface area contributed by atoms with Crippen molar-refractivity contribution in [3.05, 3.63) is 29.3 Å². The minimum atomic E-state index is 0.500. The van der Waals surface area contributed by atoms with Crippen LogP contribution in [0.4, 0.5) is 0 Å². The molecular weight excluding hydrogens is 218 g/mol. The van der Waals surface area contributed by atoms with E-state index in [2.05, 4.69) is 37.4 Å².